The molecule has 0 bridgehead atoms. The molecule has 0 atom stereocenters. The highest BCUT2D eigenvalue weighted by Crippen LogP contribution is 2.11. The zero-order chi connectivity index (χ0) is 17.4. The number of esters is 1. The Morgan fingerprint density at radius 2 is 1.96 bits per heavy atom. The second kappa shape index (κ2) is 8.83. The van der Waals surface area contributed by atoms with E-state index in [1.165, 1.54) is 6.33 Å². The smallest absolute Gasteiger partial charge is 0.338 e. The summed E-state index contributed by atoms with van der Waals surface area (Å²) < 4.78 is 4.90. The van der Waals surface area contributed by atoms with Gasteiger partial charge in [0.1, 0.15) is 17.3 Å². The summed E-state index contributed by atoms with van der Waals surface area (Å²) in [5.41, 5.74) is 1.05. The molecule has 126 valence electrons. The van der Waals surface area contributed by atoms with Crippen molar-refractivity contribution in [1.29, 1.82) is 0 Å². The zero-order valence-electron chi connectivity index (χ0n) is 13.1. The summed E-state index contributed by atoms with van der Waals surface area (Å²) in [6.07, 6.45) is 1.59. The van der Waals surface area contributed by atoms with E-state index in [1.54, 1.807) is 37.3 Å². The third kappa shape index (κ3) is 5.51. The molecule has 0 aliphatic rings. The van der Waals surface area contributed by atoms with Crippen LogP contribution in [0.5, 0.6) is 0 Å². The van der Waals surface area contributed by atoms with Gasteiger partial charge in [-0.2, -0.15) is 0 Å². The summed E-state index contributed by atoms with van der Waals surface area (Å²) in [7, 11) is 0. The summed E-state index contributed by atoms with van der Waals surface area (Å²) in [5, 5.41) is 6.06. The minimum absolute atomic E-state index is 0.161. The molecule has 0 radical (unpaired) electrons. The van der Waals surface area contributed by atoms with Gasteiger partial charge in [0.25, 0.3) is 0 Å². The fourth-order valence-electron chi connectivity index (χ4n) is 1.86. The van der Waals surface area contributed by atoms with Gasteiger partial charge < -0.3 is 15.4 Å². The predicted octanol–water partition coefficient (Wildman–Crippen LogP) is 2.75. The van der Waals surface area contributed by atoms with Gasteiger partial charge in [-0.25, -0.2) is 14.8 Å². The first kappa shape index (κ1) is 17.7. The first-order valence-corrected chi connectivity index (χ1v) is 7.74. The Labute approximate surface area is 144 Å². The molecule has 7 nitrogen and oxygen atoms in total. The molecule has 0 aliphatic heterocycles. The Morgan fingerprint density at radius 3 is 2.62 bits per heavy atom. The monoisotopic (exact) mass is 348 g/mol. The van der Waals surface area contributed by atoms with Crippen molar-refractivity contribution in [3.63, 3.8) is 0 Å². The van der Waals surface area contributed by atoms with Gasteiger partial charge in [0.05, 0.1) is 12.2 Å². The maximum Gasteiger partial charge on any atom is 0.338 e. The van der Waals surface area contributed by atoms with Crippen LogP contribution < -0.4 is 10.6 Å². The topological polar surface area (TPSA) is 93.2 Å². The van der Waals surface area contributed by atoms with Crippen LogP contribution in [0.25, 0.3) is 0 Å². The van der Waals surface area contributed by atoms with E-state index in [1.807, 2.05) is 0 Å². The third-order valence-electron chi connectivity index (χ3n) is 2.97. The van der Waals surface area contributed by atoms with Crippen molar-refractivity contribution >= 4 is 35.0 Å². The van der Waals surface area contributed by atoms with Crippen LogP contribution in [0.3, 0.4) is 0 Å². The SMILES string of the molecule is CCOC(=O)c1ccc(NC(=O)CCNc2cc(Cl)ncn2)cc1. The van der Waals surface area contributed by atoms with Crippen LogP contribution in [-0.4, -0.2) is 35.0 Å². The van der Waals surface area contributed by atoms with Crippen molar-refractivity contribution in [3.05, 3.63) is 47.4 Å². The largest absolute Gasteiger partial charge is 0.462 e. The van der Waals surface area contributed by atoms with Crippen molar-refractivity contribution in [2.75, 3.05) is 23.8 Å². The molecule has 1 heterocycles. The lowest BCUT2D eigenvalue weighted by atomic mass is 10.2. The Hall–Kier alpha value is -2.67. The molecule has 0 saturated carbocycles. The molecule has 8 heteroatoms. The van der Waals surface area contributed by atoms with E-state index in [9.17, 15) is 9.59 Å². The number of anilines is 2. The number of hydrogen-bond acceptors (Lipinski definition) is 6. The standard InChI is InChI=1S/C16H17ClN4O3/c1-2-24-16(23)11-3-5-12(6-4-11)21-15(22)7-8-18-14-9-13(17)19-10-20-14/h3-6,9-10H,2,7-8H2,1H3,(H,21,22)(H,18,19,20). The normalized spacial score (nSPS) is 10.1. The maximum absolute atomic E-state index is 11.9. The number of carbonyl (C=O) groups excluding carboxylic acids is 2. The van der Waals surface area contributed by atoms with E-state index in [4.69, 9.17) is 16.3 Å². The highest BCUT2D eigenvalue weighted by atomic mass is 35.5. The lowest BCUT2D eigenvalue weighted by molar-refractivity contribution is -0.115. The molecule has 0 saturated heterocycles. The van der Waals surface area contributed by atoms with E-state index in [0.29, 0.717) is 35.4 Å². The van der Waals surface area contributed by atoms with Crippen LogP contribution in [0.4, 0.5) is 11.5 Å². The summed E-state index contributed by atoms with van der Waals surface area (Å²) >= 11 is 5.75. The van der Waals surface area contributed by atoms with Crippen molar-refractivity contribution < 1.29 is 14.3 Å². The number of nitrogens with one attached hydrogen (secondary N) is 2. The average Bonchev–Trinajstić information content (AvgIpc) is 2.56. The molecule has 0 unspecified atom stereocenters. The van der Waals surface area contributed by atoms with Crippen LogP contribution in [-0.2, 0) is 9.53 Å². The summed E-state index contributed by atoms with van der Waals surface area (Å²) in [6, 6.07) is 8.10. The highest BCUT2D eigenvalue weighted by Gasteiger charge is 2.07. The zero-order valence-corrected chi connectivity index (χ0v) is 13.8. The Balaban J connectivity index is 1.78. The molecule has 24 heavy (non-hydrogen) atoms. The third-order valence-corrected chi connectivity index (χ3v) is 3.18. The van der Waals surface area contributed by atoms with Gasteiger partial charge in [-0.3, -0.25) is 4.79 Å². The molecule has 1 aromatic carbocycles. The number of ether oxygens (including phenoxy) is 1. The van der Waals surface area contributed by atoms with Crippen molar-refractivity contribution in [2.45, 2.75) is 13.3 Å². The fourth-order valence-corrected chi connectivity index (χ4v) is 2.01. The lowest BCUT2D eigenvalue weighted by Gasteiger charge is -2.08. The Bertz CT molecular complexity index is 707. The minimum atomic E-state index is -0.386. The quantitative estimate of drug-likeness (QED) is 0.590. The van der Waals surface area contributed by atoms with E-state index in [-0.39, 0.29) is 18.3 Å². The second-order valence-corrected chi connectivity index (χ2v) is 5.14. The molecule has 2 N–H and O–H groups in total. The number of carbonyl (C=O) groups is 2. The lowest BCUT2D eigenvalue weighted by Crippen LogP contribution is -2.16. The van der Waals surface area contributed by atoms with E-state index in [2.05, 4.69) is 20.6 Å². The number of amides is 1. The van der Waals surface area contributed by atoms with Crippen molar-refractivity contribution in [2.24, 2.45) is 0 Å². The van der Waals surface area contributed by atoms with Crippen LogP contribution >= 0.6 is 11.6 Å². The van der Waals surface area contributed by atoms with Gasteiger partial charge in [0.2, 0.25) is 5.91 Å². The minimum Gasteiger partial charge on any atom is -0.462 e. The number of nitrogens with zero attached hydrogens (tertiary/aromatic N) is 2. The molecular weight excluding hydrogens is 332 g/mol. The first-order valence-electron chi connectivity index (χ1n) is 7.37. The van der Waals surface area contributed by atoms with Crippen LogP contribution in [0.15, 0.2) is 36.7 Å². The van der Waals surface area contributed by atoms with E-state index in [0.717, 1.165) is 0 Å². The molecule has 1 aromatic heterocycles. The van der Waals surface area contributed by atoms with E-state index < -0.39 is 0 Å². The molecule has 2 rings (SSSR count). The number of benzene rings is 1. The van der Waals surface area contributed by atoms with Gasteiger partial charge in [0, 0.05) is 24.7 Å². The van der Waals surface area contributed by atoms with Gasteiger partial charge in [-0.15, -0.1) is 0 Å². The average molecular weight is 349 g/mol. The summed E-state index contributed by atoms with van der Waals surface area (Å²) in [4.78, 5) is 31.2. The Morgan fingerprint density at radius 1 is 1.21 bits per heavy atom. The number of hydrogen-bond donors (Lipinski definition) is 2. The maximum atomic E-state index is 11.9. The second-order valence-electron chi connectivity index (χ2n) is 4.75. The van der Waals surface area contributed by atoms with Crippen LogP contribution in [0, 0.1) is 0 Å². The number of halogens is 1. The summed E-state index contributed by atoms with van der Waals surface area (Å²) in [5.74, 6) is 0.0104. The first-order chi connectivity index (χ1) is 11.6. The van der Waals surface area contributed by atoms with Gasteiger partial charge in [-0.1, -0.05) is 11.6 Å². The number of rotatable bonds is 7. The van der Waals surface area contributed by atoms with Crippen molar-refractivity contribution in [3.8, 4) is 0 Å². The fraction of sp³-hybridized carbons (Fsp3) is 0.250. The van der Waals surface area contributed by atoms with Crippen LogP contribution in [0.1, 0.15) is 23.7 Å². The molecule has 0 spiro atoms. The Kier molecular flexibility index (Phi) is 6.51. The van der Waals surface area contributed by atoms with Gasteiger partial charge >= 0.3 is 5.97 Å². The van der Waals surface area contributed by atoms with Crippen molar-refractivity contribution in [1.82, 2.24) is 9.97 Å². The highest BCUT2D eigenvalue weighted by molar-refractivity contribution is 6.29. The molecule has 1 amide bonds. The molecule has 0 fully saturated rings. The number of aromatic nitrogens is 2. The van der Waals surface area contributed by atoms with Crippen LogP contribution in [0.2, 0.25) is 5.15 Å². The van der Waals surface area contributed by atoms with Gasteiger partial charge in [-0.05, 0) is 31.2 Å². The van der Waals surface area contributed by atoms with E-state index >= 15 is 0 Å². The molecular formula is C16H17ClN4O3. The summed E-state index contributed by atoms with van der Waals surface area (Å²) in [6.45, 7) is 2.47. The molecule has 2 aromatic rings. The predicted molar refractivity (Wildman–Crippen MR) is 91.2 cm³/mol. The van der Waals surface area contributed by atoms with Gasteiger partial charge in [0.15, 0.2) is 0 Å². The molecule has 0 aliphatic carbocycles.